The number of hydrogen-bond acceptors (Lipinski definition) is 5. The quantitative estimate of drug-likeness (QED) is 0.614. The molecule has 1 aliphatic rings. The molecule has 1 aromatic heterocycles. The molecule has 0 N–H and O–H groups in total. The molecule has 0 bridgehead atoms. The largest absolute Gasteiger partial charge is 0.497 e. The molecule has 0 saturated carbocycles. The first-order valence-electron chi connectivity index (χ1n) is 10.6. The Balaban J connectivity index is 1.36. The summed E-state index contributed by atoms with van der Waals surface area (Å²) in [5.41, 5.74) is 1.10. The van der Waals surface area contributed by atoms with Crippen molar-refractivity contribution in [3.8, 4) is 5.75 Å². The molecular formula is C24H26N4O4. The minimum absolute atomic E-state index is 0.0297. The van der Waals surface area contributed by atoms with Crippen molar-refractivity contribution in [3.63, 3.8) is 0 Å². The van der Waals surface area contributed by atoms with Crippen LogP contribution in [0.1, 0.15) is 22.6 Å². The highest BCUT2D eigenvalue weighted by Crippen LogP contribution is 2.16. The number of rotatable bonds is 5. The van der Waals surface area contributed by atoms with Crippen molar-refractivity contribution in [3.05, 3.63) is 70.3 Å². The highest BCUT2D eigenvalue weighted by Gasteiger charge is 2.25. The highest BCUT2D eigenvalue weighted by atomic mass is 16.5. The van der Waals surface area contributed by atoms with Crippen molar-refractivity contribution >= 4 is 22.7 Å². The number of aryl methyl sites for hydroxylation is 1. The number of para-hydroxylation sites is 1. The number of carbonyl (C=O) groups is 2. The van der Waals surface area contributed by atoms with Gasteiger partial charge >= 0.3 is 0 Å². The number of hydrogen-bond donors (Lipinski definition) is 0. The number of amides is 2. The van der Waals surface area contributed by atoms with Gasteiger partial charge in [-0.15, -0.1) is 0 Å². The molecule has 2 aromatic carbocycles. The van der Waals surface area contributed by atoms with Gasteiger partial charge in [-0.25, -0.2) is 4.98 Å². The average molecular weight is 434 g/mol. The van der Waals surface area contributed by atoms with Gasteiger partial charge in [0.1, 0.15) is 11.6 Å². The van der Waals surface area contributed by atoms with E-state index in [2.05, 4.69) is 4.98 Å². The molecule has 0 radical (unpaired) electrons. The molecule has 1 saturated heterocycles. The molecule has 1 fully saturated rings. The first-order chi connectivity index (χ1) is 15.5. The molecule has 166 valence electrons. The zero-order valence-corrected chi connectivity index (χ0v) is 18.3. The zero-order valence-electron chi connectivity index (χ0n) is 18.3. The smallest absolute Gasteiger partial charge is 0.261 e. The van der Waals surface area contributed by atoms with Crippen LogP contribution in [0.3, 0.4) is 0 Å². The lowest BCUT2D eigenvalue weighted by atomic mass is 10.1. The lowest BCUT2D eigenvalue weighted by molar-refractivity contribution is -0.132. The summed E-state index contributed by atoms with van der Waals surface area (Å²) in [6.07, 6.45) is 0.213. The second-order valence-corrected chi connectivity index (χ2v) is 7.79. The zero-order chi connectivity index (χ0) is 22.7. The Morgan fingerprint density at radius 1 is 1.00 bits per heavy atom. The van der Waals surface area contributed by atoms with E-state index in [1.54, 1.807) is 58.7 Å². The van der Waals surface area contributed by atoms with Crippen LogP contribution in [0.25, 0.3) is 10.9 Å². The standard InChI is InChI=1S/C24H26N4O4/c1-17-25-21-9-4-3-8-20(21)24(31)28(17)11-10-22(29)26-12-14-27(15-13-26)23(30)18-6-5-7-19(16-18)32-2/h3-9,16H,10-15H2,1-2H3. The Hall–Kier alpha value is -3.68. The van der Waals surface area contributed by atoms with Gasteiger partial charge in [-0.3, -0.25) is 19.0 Å². The van der Waals surface area contributed by atoms with Crippen molar-refractivity contribution in [2.45, 2.75) is 19.9 Å². The Kier molecular flexibility index (Phi) is 6.20. The van der Waals surface area contributed by atoms with Gasteiger partial charge in [-0.1, -0.05) is 18.2 Å². The van der Waals surface area contributed by atoms with E-state index in [9.17, 15) is 14.4 Å². The van der Waals surface area contributed by atoms with E-state index in [0.717, 1.165) is 0 Å². The number of fused-ring (bicyclic) bond motifs is 1. The topological polar surface area (TPSA) is 84.7 Å². The Morgan fingerprint density at radius 3 is 2.47 bits per heavy atom. The molecular weight excluding hydrogens is 408 g/mol. The number of methoxy groups -OCH3 is 1. The third-order valence-electron chi connectivity index (χ3n) is 5.84. The maximum absolute atomic E-state index is 12.8. The van der Waals surface area contributed by atoms with Crippen molar-refractivity contribution < 1.29 is 14.3 Å². The summed E-state index contributed by atoms with van der Waals surface area (Å²) in [5.74, 6) is 1.13. The van der Waals surface area contributed by atoms with E-state index in [0.29, 0.717) is 54.2 Å². The minimum atomic E-state index is -0.130. The molecule has 0 unspecified atom stereocenters. The summed E-state index contributed by atoms with van der Waals surface area (Å²) in [6.45, 7) is 3.94. The molecule has 0 atom stereocenters. The van der Waals surface area contributed by atoms with Crippen molar-refractivity contribution in [1.29, 1.82) is 0 Å². The molecule has 2 heterocycles. The fourth-order valence-corrected chi connectivity index (χ4v) is 4.01. The second kappa shape index (κ2) is 9.21. The second-order valence-electron chi connectivity index (χ2n) is 7.79. The molecule has 8 nitrogen and oxygen atoms in total. The number of piperazine rings is 1. The van der Waals surface area contributed by atoms with Crippen molar-refractivity contribution in [2.75, 3.05) is 33.3 Å². The number of ether oxygens (including phenoxy) is 1. The summed E-state index contributed by atoms with van der Waals surface area (Å²) in [6, 6.07) is 14.3. The molecule has 1 aliphatic heterocycles. The normalized spacial score (nSPS) is 13.9. The summed E-state index contributed by atoms with van der Waals surface area (Å²) in [4.78, 5) is 46.3. The van der Waals surface area contributed by atoms with Gasteiger partial charge in [0, 0.05) is 44.7 Å². The van der Waals surface area contributed by atoms with Crippen LogP contribution in [0, 0.1) is 6.92 Å². The minimum Gasteiger partial charge on any atom is -0.497 e. The van der Waals surface area contributed by atoms with Gasteiger partial charge < -0.3 is 14.5 Å². The molecule has 32 heavy (non-hydrogen) atoms. The third kappa shape index (κ3) is 4.34. The van der Waals surface area contributed by atoms with Gasteiger partial charge in [0.25, 0.3) is 11.5 Å². The number of nitrogens with zero attached hydrogens (tertiary/aromatic N) is 4. The number of benzene rings is 2. The van der Waals surface area contributed by atoms with Crippen LogP contribution in [-0.4, -0.2) is 64.5 Å². The predicted molar refractivity (Wildman–Crippen MR) is 121 cm³/mol. The molecule has 8 heteroatoms. The Labute approximate surface area is 186 Å². The number of aromatic nitrogens is 2. The van der Waals surface area contributed by atoms with Crippen LogP contribution in [0.4, 0.5) is 0 Å². The lowest BCUT2D eigenvalue weighted by Crippen LogP contribution is -2.50. The molecule has 4 rings (SSSR count). The molecule has 0 aliphatic carbocycles. The first-order valence-corrected chi connectivity index (χ1v) is 10.6. The summed E-state index contributed by atoms with van der Waals surface area (Å²) in [5, 5.41) is 0.551. The van der Waals surface area contributed by atoms with Crippen molar-refractivity contribution in [2.24, 2.45) is 0 Å². The van der Waals surface area contributed by atoms with Crippen LogP contribution in [0.5, 0.6) is 5.75 Å². The van der Waals surface area contributed by atoms with Crippen LogP contribution in [-0.2, 0) is 11.3 Å². The average Bonchev–Trinajstić information content (AvgIpc) is 2.83. The first kappa shape index (κ1) is 21.5. The van der Waals surface area contributed by atoms with E-state index in [1.165, 1.54) is 0 Å². The van der Waals surface area contributed by atoms with Gasteiger partial charge in [-0.2, -0.15) is 0 Å². The van der Waals surface area contributed by atoms with Crippen LogP contribution >= 0.6 is 0 Å². The van der Waals surface area contributed by atoms with E-state index >= 15 is 0 Å². The Bertz CT molecular complexity index is 1210. The predicted octanol–water partition coefficient (Wildman–Crippen LogP) is 2.09. The molecule has 0 spiro atoms. The van der Waals surface area contributed by atoms with E-state index in [-0.39, 0.29) is 30.3 Å². The highest BCUT2D eigenvalue weighted by molar-refractivity contribution is 5.94. The van der Waals surface area contributed by atoms with Gasteiger partial charge in [-0.05, 0) is 37.3 Å². The summed E-state index contributed by atoms with van der Waals surface area (Å²) in [7, 11) is 1.57. The van der Waals surface area contributed by atoms with E-state index in [4.69, 9.17) is 4.74 Å². The third-order valence-corrected chi connectivity index (χ3v) is 5.84. The van der Waals surface area contributed by atoms with Crippen LogP contribution in [0.15, 0.2) is 53.3 Å². The molecule has 3 aromatic rings. The van der Waals surface area contributed by atoms with E-state index < -0.39 is 0 Å². The van der Waals surface area contributed by atoms with Crippen LogP contribution < -0.4 is 10.3 Å². The van der Waals surface area contributed by atoms with Gasteiger partial charge in [0.05, 0.1) is 18.0 Å². The van der Waals surface area contributed by atoms with Crippen molar-refractivity contribution in [1.82, 2.24) is 19.4 Å². The lowest BCUT2D eigenvalue weighted by Gasteiger charge is -2.35. The maximum Gasteiger partial charge on any atom is 0.261 e. The van der Waals surface area contributed by atoms with Crippen LogP contribution in [0.2, 0.25) is 0 Å². The fraction of sp³-hybridized carbons (Fsp3) is 0.333. The maximum atomic E-state index is 12.8. The Morgan fingerprint density at radius 2 is 1.72 bits per heavy atom. The fourth-order valence-electron chi connectivity index (χ4n) is 4.01. The van der Waals surface area contributed by atoms with Gasteiger partial charge in [0.15, 0.2) is 0 Å². The summed E-state index contributed by atoms with van der Waals surface area (Å²) < 4.78 is 6.75. The SMILES string of the molecule is COc1cccc(C(=O)N2CCN(C(=O)CCn3c(C)nc4ccccc4c3=O)CC2)c1. The monoisotopic (exact) mass is 434 g/mol. The number of carbonyl (C=O) groups excluding carboxylic acids is 2. The van der Waals surface area contributed by atoms with Gasteiger partial charge in [0.2, 0.25) is 5.91 Å². The van der Waals surface area contributed by atoms with E-state index in [1.807, 2.05) is 18.2 Å². The summed E-state index contributed by atoms with van der Waals surface area (Å²) >= 11 is 0. The molecule has 2 amide bonds.